The minimum absolute atomic E-state index is 0.0579. The highest BCUT2D eigenvalue weighted by atomic mass is 19.4. The van der Waals surface area contributed by atoms with Crippen LogP contribution in [-0.4, -0.2) is 28.6 Å². The number of carbonyl (C=O) groups excluding carboxylic acids is 1. The fourth-order valence-corrected chi connectivity index (χ4v) is 4.63. The molecule has 5 rings (SSSR count). The predicted octanol–water partition coefficient (Wildman–Crippen LogP) is 5.57. The molecule has 0 saturated heterocycles. The number of benzene rings is 1. The lowest BCUT2D eigenvalue weighted by Gasteiger charge is -2.35. The van der Waals surface area contributed by atoms with Crippen molar-refractivity contribution in [2.24, 2.45) is 0 Å². The van der Waals surface area contributed by atoms with Crippen molar-refractivity contribution in [2.75, 3.05) is 11.4 Å². The number of nitrogens with one attached hydrogen (secondary N) is 1. The molecule has 0 bridgehead atoms. The molecule has 1 N–H and O–H groups in total. The van der Waals surface area contributed by atoms with Gasteiger partial charge in [0.2, 0.25) is 0 Å². The van der Waals surface area contributed by atoms with Gasteiger partial charge in [0, 0.05) is 42.0 Å². The van der Waals surface area contributed by atoms with Crippen LogP contribution >= 0.6 is 0 Å². The van der Waals surface area contributed by atoms with Crippen molar-refractivity contribution in [1.29, 1.82) is 0 Å². The molecule has 2 amide bonds. The number of alkyl halides is 3. The number of hydrogen-bond donors (Lipinski definition) is 1. The van der Waals surface area contributed by atoms with Gasteiger partial charge in [0.1, 0.15) is 5.82 Å². The quantitative estimate of drug-likeness (QED) is 0.515. The van der Waals surface area contributed by atoms with E-state index in [4.69, 9.17) is 0 Å². The highest BCUT2D eigenvalue weighted by Gasteiger charge is 2.48. The number of rotatable bonds is 5. The third-order valence-corrected chi connectivity index (χ3v) is 6.45. The third kappa shape index (κ3) is 4.17. The normalized spacial score (nSPS) is 18.9. The van der Waals surface area contributed by atoms with Gasteiger partial charge in [-0.15, -0.1) is 0 Å². The summed E-state index contributed by atoms with van der Waals surface area (Å²) in [5.41, 5.74) is 2.20. The Bertz CT molecular complexity index is 1170. The van der Waals surface area contributed by atoms with E-state index in [1.165, 1.54) is 6.07 Å². The molecule has 0 radical (unpaired) electrons. The zero-order valence-corrected chi connectivity index (χ0v) is 17.8. The molecule has 2 aliphatic rings. The van der Waals surface area contributed by atoms with Gasteiger partial charge in [-0.25, -0.2) is 9.78 Å². The van der Waals surface area contributed by atoms with Crippen molar-refractivity contribution in [3.05, 3.63) is 77.6 Å². The maximum Gasteiger partial charge on any atom is 0.416 e. The van der Waals surface area contributed by atoms with E-state index in [2.05, 4.69) is 15.3 Å². The van der Waals surface area contributed by atoms with Crippen LogP contribution in [0.1, 0.15) is 41.9 Å². The van der Waals surface area contributed by atoms with Gasteiger partial charge in [-0.1, -0.05) is 24.3 Å². The molecule has 1 fully saturated rings. The molecular weight excluding hydrogens is 429 g/mol. The van der Waals surface area contributed by atoms with Crippen molar-refractivity contribution in [3.63, 3.8) is 0 Å². The molecule has 3 aromatic rings. The summed E-state index contributed by atoms with van der Waals surface area (Å²) in [5, 5.41) is 2.99. The third-order valence-electron chi connectivity index (χ3n) is 6.45. The highest BCUT2D eigenvalue weighted by Crippen LogP contribution is 2.51. The van der Waals surface area contributed by atoms with Crippen LogP contribution in [0, 0.1) is 0 Å². The van der Waals surface area contributed by atoms with Gasteiger partial charge in [0.15, 0.2) is 0 Å². The highest BCUT2D eigenvalue weighted by molar-refractivity contribution is 5.95. The standard InChI is InChI=1S/C25H23F3N4O/c26-25(27,28)18-7-1-6-17(14-18)21-10-8-20-19-9-11-22(19)32(23(20)31-21)24(33)30-13-3-5-16-4-2-12-29-15-16/h1-2,4,6-8,10,12,14-15,19,22H,3,5,9,11,13H2,(H,30,33). The van der Waals surface area contributed by atoms with E-state index in [9.17, 15) is 18.0 Å². The van der Waals surface area contributed by atoms with Gasteiger partial charge in [-0.3, -0.25) is 9.88 Å². The molecule has 1 saturated carbocycles. The summed E-state index contributed by atoms with van der Waals surface area (Å²) >= 11 is 0. The van der Waals surface area contributed by atoms with Crippen LogP contribution in [0.5, 0.6) is 0 Å². The molecule has 2 atom stereocenters. The van der Waals surface area contributed by atoms with Gasteiger partial charge in [-0.2, -0.15) is 13.2 Å². The second-order valence-electron chi connectivity index (χ2n) is 8.51. The number of nitrogens with zero attached hydrogens (tertiary/aromatic N) is 3. The Morgan fingerprint density at radius 3 is 2.73 bits per heavy atom. The van der Waals surface area contributed by atoms with Gasteiger partial charge < -0.3 is 5.32 Å². The lowest BCUT2D eigenvalue weighted by atomic mass is 9.78. The Balaban J connectivity index is 1.33. The first-order valence-electron chi connectivity index (χ1n) is 11.1. The van der Waals surface area contributed by atoms with Crippen LogP contribution in [0.3, 0.4) is 0 Å². The number of fused-ring (bicyclic) bond motifs is 3. The molecule has 5 nitrogen and oxygen atoms in total. The number of amides is 2. The van der Waals surface area contributed by atoms with Crippen molar-refractivity contribution in [2.45, 2.75) is 43.8 Å². The zero-order valence-electron chi connectivity index (χ0n) is 17.8. The largest absolute Gasteiger partial charge is 0.416 e. The number of aromatic nitrogens is 2. The molecule has 2 unspecified atom stereocenters. The minimum atomic E-state index is -4.42. The fraction of sp³-hybridized carbons (Fsp3) is 0.320. The SMILES string of the molecule is O=C(NCCCc1cccnc1)N1c2nc(-c3cccc(C(F)(F)F)c3)ccc2C2CCC21. The Hall–Kier alpha value is -3.42. The Morgan fingerprint density at radius 2 is 2.00 bits per heavy atom. The molecule has 1 aromatic carbocycles. The van der Waals surface area contributed by atoms with Crippen LogP contribution in [-0.2, 0) is 12.6 Å². The van der Waals surface area contributed by atoms with Crippen LogP contribution in [0.15, 0.2) is 60.9 Å². The summed E-state index contributed by atoms with van der Waals surface area (Å²) in [6.45, 7) is 0.518. The molecular formula is C25H23F3N4O. The summed E-state index contributed by atoms with van der Waals surface area (Å²) in [4.78, 5) is 23.5. The minimum Gasteiger partial charge on any atom is -0.338 e. The first-order valence-corrected chi connectivity index (χ1v) is 11.1. The van der Waals surface area contributed by atoms with Gasteiger partial charge in [0.05, 0.1) is 11.3 Å². The molecule has 170 valence electrons. The number of pyridine rings is 2. The van der Waals surface area contributed by atoms with E-state index in [1.54, 1.807) is 23.2 Å². The van der Waals surface area contributed by atoms with E-state index in [1.807, 2.05) is 24.4 Å². The Labute approximate surface area is 189 Å². The maximum atomic E-state index is 13.2. The van der Waals surface area contributed by atoms with Crippen molar-refractivity contribution in [1.82, 2.24) is 15.3 Å². The summed E-state index contributed by atoms with van der Waals surface area (Å²) in [7, 11) is 0. The van der Waals surface area contributed by atoms with Crippen LogP contribution in [0.2, 0.25) is 0 Å². The van der Waals surface area contributed by atoms with Gasteiger partial charge in [0.25, 0.3) is 0 Å². The number of aryl methyl sites for hydroxylation is 1. The average molecular weight is 452 g/mol. The first-order chi connectivity index (χ1) is 15.9. The molecule has 1 aliphatic heterocycles. The number of carbonyl (C=O) groups is 1. The van der Waals surface area contributed by atoms with E-state index in [-0.39, 0.29) is 18.0 Å². The predicted molar refractivity (Wildman–Crippen MR) is 119 cm³/mol. The topological polar surface area (TPSA) is 58.1 Å². The van der Waals surface area contributed by atoms with Crippen LogP contribution in [0.25, 0.3) is 11.3 Å². The lowest BCUT2D eigenvalue weighted by Crippen LogP contribution is -2.49. The summed E-state index contributed by atoms with van der Waals surface area (Å²) < 4.78 is 39.5. The zero-order chi connectivity index (χ0) is 23.0. The average Bonchev–Trinajstić information content (AvgIpc) is 3.02. The maximum absolute atomic E-state index is 13.2. The molecule has 8 heteroatoms. The van der Waals surface area contributed by atoms with Gasteiger partial charge in [-0.05, 0) is 55.5 Å². The Kier molecular flexibility index (Phi) is 5.52. The second-order valence-corrected chi connectivity index (χ2v) is 8.51. The second kappa shape index (κ2) is 8.50. The van der Waals surface area contributed by atoms with Crippen molar-refractivity contribution in [3.8, 4) is 11.3 Å². The summed E-state index contributed by atoms with van der Waals surface area (Å²) in [5.74, 6) is 0.798. The van der Waals surface area contributed by atoms with E-state index >= 15 is 0 Å². The van der Waals surface area contributed by atoms with Crippen LogP contribution < -0.4 is 10.2 Å². The number of anilines is 1. The number of hydrogen-bond acceptors (Lipinski definition) is 3. The summed E-state index contributed by atoms with van der Waals surface area (Å²) in [6.07, 6.45) is 2.59. The summed E-state index contributed by atoms with van der Waals surface area (Å²) in [6, 6.07) is 12.5. The smallest absolute Gasteiger partial charge is 0.338 e. The number of urea groups is 1. The number of halogens is 3. The lowest BCUT2D eigenvalue weighted by molar-refractivity contribution is -0.137. The van der Waals surface area contributed by atoms with Gasteiger partial charge >= 0.3 is 12.2 Å². The Morgan fingerprint density at radius 1 is 1.12 bits per heavy atom. The monoisotopic (exact) mass is 452 g/mol. The van der Waals surface area contributed by atoms with Crippen molar-refractivity contribution < 1.29 is 18.0 Å². The molecule has 2 aromatic heterocycles. The molecule has 0 spiro atoms. The van der Waals surface area contributed by atoms with E-state index < -0.39 is 11.7 Å². The molecule has 3 heterocycles. The van der Waals surface area contributed by atoms with E-state index in [0.29, 0.717) is 23.6 Å². The van der Waals surface area contributed by atoms with Crippen LogP contribution in [0.4, 0.5) is 23.8 Å². The van der Waals surface area contributed by atoms with Crippen molar-refractivity contribution >= 4 is 11.8 Å². The molecule has 1 aliphatic carbocycles. The first kappa shape index (κ1) is 21.4. The fourth-order valence-electron chi connectivity index (χ4n) is 4.63. The molecule has 33 heavy (non-hydrogen) atoms. The van der Waals surface area contributed by atoms with E-state index in [0.717, 1.165) is 48.9 Å².